The maximum Gasteiger partial charge on any atom is 0.0801 e. The molecule has 0 aliphatic rings. The van der Waals surface area contributed by atoms with Gasteiger partial charge in [0, 0.05) is 11.4 Å². The summed E-state index contributed by atoms with van der Waals surface area (Å²) in [6, 6.07) is 5.55. The molecular formula is C13H15ClO. The van der Waals surface area contributed by atoms with Crippen LogP contribution in [0.15, 0.2) is 18.2 Å². The van der Waals surface area contributed by atoms with Crippen LogP contribution in [0.25, 0.3) is 0 Å². The highest BCUT2D eigenvalue weighted by atomic mass is 35.5. The minimum absolute atomic E-state index is 0.442. The fourth-order valence-corrected chi connectivity index (χ4v) is 1.73. The summed E-state index contributed by atoms with van der Waals surface area (Å²) >= 11 is 5.84. The van der Waals surface area contributed by atoms with E-state index >= 15 is 0 Å². The number of hydrogen-bond donors (Lipinski definition) is 1. The molecule has 1 atom stereocenters. The van der Waals surface area contributed by atoms with Gasteiger partial charge in [0.15, 0.2) is 0 Å². The summed E-state index contributed by atoms with van der Waals surface area (Å²) in [7, 11) is 0. The molecule has 0 spiro atoms. The summed E-state index contributed by atoms with van der Waals surface area (Å²) in [5.41, 5.74) is 1.97. The van der Waals surface area contributed by atoms with Gasteiger partial charge in [0.1, 0.15) is 0 Å². The van der Waals surface area contributed by atoms with Gasteiger partial charge in [-0.3, -0.25) is 0 Å². The van der Waals surface area contributed by atoms with Gasteiger partial charge < -0.3 is 5.11 Å². The molecule has 0 heterocycles. The Kier molecular flexibility index (Phi) is 4.68. The van der Waals surface area contributed by atoms with Crippen molar-refractivity contribution in [1.29, 1.82) is 0 Å². The molecule has 1 unspecified atom stereocenters. The summed E-state index contributed by atoms with van der Waals surface area (Å²) in [4.78, 5) is 0. The predicted octanol–water partition coefficient (Wildman–Crippen LogP) is 3.49. The standard InChI is InChI=1S/C13H15ClO/c1-3-4-5-6-13(15)12-8-7-11(14)9-10(12)2/h7-9,13,15H,5-6H2,1-2H3. The highest BCUT2D eigenvalue weighted by molar-refractivity contribution is 6.30. The first kappa shape index (κ1) is 12.1. The molecule has 0 saturated heterocycles. The molecular weight excluding hydrogens is 208 g/mol. The van der Waals surface area contributed by atoms with E-state index in [0.29, 0.717) is 11.4 Å². The van der Waals surface area contributed by atoms with Crippen LogP contribution in [0.3, 0.4) is 0 Å². The average molecular weight is 223 g/mol. The van der Waals surface area contributed by atoms with Crippen LogP contribution in [0.4, 0.5) is 0 Å². The van der Waals surface area contributed by atoms with Crippen LogP contribution in [0.5, 0.6) is 0 Å². The van der Waals surface area contributed by atoms with Crippen molar-refractivity contribution >= 4 is 11.6 Å². The summed E-state index contributed by atoms with van der Waals surface area (Å²) in [5.74, 6) is 5.76. The molecule has 0 fully saturated rings. The van der Waals surface area contributed by atoms with Crippen molar-refractivity contribution in [2.45, 2.75) is 32.8 Å². The van der Waals surface area contributed by atoms with Gasteiger partial charge in [0.05, 0.1) is 6.10 Å². The van der Waals surface area contributed by atoms with Crippen molar-refractivity contribution in [1.82, 2.24) is 0 Å². The van der Waals surface area contributed by atoms with Gasteiger partial charge in [-0.1, -0.05) is 17.7 Å². The fraction of sp³-hybridized carbons (Fsp3) is 0.385. The van der Waals surface area contributed by atoms with Crippen LogP contribution in [-0.4, -0.2) is 5.11 Å². The SMILES string of the molecule is CC#CCCC(O)c1ccc(Cl)cc1C. The predicted molar refractivity (Wildman–Crippen MR) is 63.8 cm³/mol. The number of aliphatic hydroxyl groups is 1. The number of halogens is 1. The second-order valence-electron chi connectivity index (χ2n) is 3.48. The number of hydrogen-bond acceptors (Lipinski definition) is 1. The Morgan fingerprint density at radius 3 is 2.80 bits per heavy atom. The Hall–Kier alpha value is -0.970. The molecule has 0 aliphatic carbocycles. The topological polar surface area (TPSA) is 20.2 Å². The molecule has 0 aromatic heterocycles. The third-order valence-electron chi connectivity index (χ3n) is 2.31. The molecule has 1 aromatic rings. The third-order valence-corrected chi connectivity index (χ3v) is 2.55. The fourth-order valence-electron chi connectivity index (χ4n) is 1.50. The molecule has 1 N–H and O–H groups in total. The zero-order valence-electron chi connectivity index (χ0n) is 9.05. The van der Waals surface area contributed by atoms with Gasteiger partial charge in [-0.05, 0) is 43.5 Å². The van der Waals surface area contributed by atoms with Gasteiger partial charge in [-0.25, -0.2) is 0 Å². The van der Waals surface area contributed by atoms with Crippen LogP contribution in [-0.2, 0) is 0 Å². The van der Waals surface area contributed by atoms with Crippen molar-refractivity contribution in [2.24, 2.45) is 0 Å². The minimum atomic E-state index is -0.442. The molecule has 15 heavy (non-hydrogen) atoms. The van der Waals surface area contributed by atoms with E-state index in [0.717, 1.165) is 17.5 Å². The van der Waals surface area contributed by atoms with Crippen LogP contribution >= 0.6 is 11.6 Å². The van der Waals surface area contributed by atoms with Crippen LogP contribution in [0.2, 0.25) is 5.02 Å². The zero-order chi connectivity index (χ0) is 11.3. The lowest BCUT2D eigenvalue weighted by Crippen LogP contribution is -1.99. The van der Waals surface area contributed by atoms with E-state index in [9.17, 15) is 5.11 Å². The number of aryl methyl sites for hydroxylation is 1. The molecule has 0 bridgehead atoms. The van der Waals surface area contributed by atoms with Gasteiger partial charge in [0.25, 0.3) is 0 Å². The molecule has 0 radical (unpaired) electrons. The van der Waals surface area contributed by atoms with Crippen LogP contribution in [0.1, 0.15) is 37.0 Å². The molecule has 2 heteroatoms. The molecule has 0 amide bonds. The Balaban J connectivity index is 2.71. The van der Waals surface area contributed by atoms with Crippen molar-refractivity contribution in [3.05, 3.63) is 34.3 Å². The maximum atomic E-state index is 9.91. The zero-order valence-corrected chi connectivity index (χ0v) is 9.80. The largest absolute Gasteiger partial charge is 0.388 e. The Bertz CT molecular complexity index is 387. The summed E-state index contributed by atoms with van der Waals surface area (Å²) < 4.78 is 0. The van der Waals surface area contributed by atoms with Crippen molar-refractivity contribution in [2.75, 3.05) is 0 Å². The van der Waals surface area contributed by atoms with Crippen LogP contribution < -0.4 is 0 Å². The van der Waals surface area contributed by atoms with E-state index in [-0.39, 0.29) is 0 Å². The Morgan fingerprint density at radius 1 is 1.47 bits per heavy atom. The van der Waals surface area contributed by atoms with E-state index in [4.69, 9.17) is 11.6 Å². The first-order valence-electron chi connectivity index (χ1n) is 4.99. The van der Waals surface area contributed by atoms with E-state index in [1.54, 1.807) is 13.0 Å². The van der Waals surface area contributed by atoms with E-state index in [1.165, 1.54) is 0 Å². The second kappa shape index (κ2) is 5.80. The number of benzene rings is 1. The molecule has 80 valence electrons. The lowest BCUT2D eigenvalue weighted by molar-refractivity contribution is 0.169. The van der Waals surface area contributed by atoms with E-state index in [1.807, 2.05) is 19.1 Å². The number of rotatable bonds is 3. The first-order chi connectivity index (χ1) is 7.15. The first-order valence-corrected chi connectivity index (χ1v) is 5.36. The van der Waals surface area contributed by atoms with E-state index in [2.05, 4.69) is 11.8 Å². The highest BCUT2D eigenvalue weighted by Gasteiger charge is 2.09. The summed E-state index contributed by atoms with van der Waals surface area (Å²) in [5, 5.41) is 10.6. The van der Waals surface area contributed by atoms with Crippen molar-refractivity contribution in [3.63, 3.8) is 0 Å². The van der Waals surface area contributed by atoms with Gasteiger partial charge >= 0.3 is 0 Å². The maximum absolute atomic E-state index is 9.91. The average Bonchev–Trinajstić information content (AvgIpc) is 2.17. The number of aliphatic hydroxyl groups excluding tert-OH is 1. The summed E-state index contributed by atoms with van der Waals surface area (Å²) in [6.07, 6.45) is 0.950. The molecule has 0 aliphatic heterocycles. The highest BCUT2D eigenvalue weighted by Crippen LogP contribution is 2.24. The summed E-state index contributed by atoms with van der Waals surface area (Å²) in [6.45, 7) is 3.76. The van der Waals surface area contributed by atoms with Gasteiger partial charge in [0.2, 0.25) is 0 Å². The van der Waals surface area contributed by atoms with E-state index < -0.39 is 6.10 Å². The van der Waals surface area contributed by atoms with Gasteiger partial charge in [-0.15, -0.1) is 11.8 Å². The monoisotopic (exact) mass is 222 g/mol. The molecule has 1 nitrogen and oxygen atoms in total. The quantitative estimate of drug-likeness (QED) is 0.777. The lowest BCUT2D eigenvalue weighted by Gasteiger charge is -2.12. The van der Waals surface area contributed by atoms with Crippen molar-refractivity contribution in [3.8, 4) is 11.8 Å². The smallest absolute Gasteiger partial charge is 0.0801 e. The minimum Gasteiger partial charge on any atom is -0.388 e. The van der Waals surface area contributed by atoms with Gasteiger partial charge in [-0.2, -0.15) is 0 Å². The van der Waals surface area contributed by atoms with Crippen LogP contribution in [0, 0.1) is 18.8 Å². The Labute approximate surface area is 96.1 Å². The molecule has 0 saturated carbocycles. The molecule has 1 aromatic carbocycles. The molecule has 1 rings (SSSR count). The second-order valence-corrected chi connectivity index (χ2v) is 3.92. The Morgan fingerprint density at radius 2 is 2.20 bits per heavy atom. The van der Waals surface area contributed by atoms with Crippen molar-refractivity contribution < 1.29 is 5.11 Å². The lowest BCUT2D eigenvalue weighted by atomic mass is 10.0. The third kappa shape index (κ3) is 3.58. The normalized spacial score (nSPS) is 11.7.